The van der Waals surface area contributed by atoms with Crippen molar-refractivity contribution in [2.24, 2.45) is 0 Å². The van der Waals surface area contributed by atoms with E-state index in [-0.39, 0.29) is 5.82 Å². The van der Waals surface area contributed by atoms with Crippen molar-refractivity contribution < 1.29 is 9.13 Å². The fourth-order valence-electron chi connectivity index (χ4n) is 0.979. The van der Waals surface area contributed by atoms with Crippen molar-refractivity contribution in [3.63, 3.8) is 0 Å². The highest BCUT2D eigenvalue weighted by atomic mass is 19.1. The molecule has 1 rings (SSSR count). The van der Waals surface area contributed by atoms with Gasteiger partial charge in [-0.3, -0.25) is 0 Å². The first-order chi connectivity index (χ1) is 5.72. The Morgan fingerprint density at radius 2 is 2.17 bits per heavy atom. The van der Waals surface area contributed by atoms with Crippen molar-refractivity contribution in [2.75, 3.05) is 12.3 Å². The standard InChI is InChI=1S/C9H12FNO/c1-2-12-6-7-3-8(10)5-9(11)4-7/h3-5H,2,6,11H2,1H3. The summed E-state index contributed by atoms with van der Waals surface area (Å²) in [5, 5.41) is 0. The quantitative estimate of drug-likeness (QED) is 0.702. The molecule has 0 saturated carbocycles. The fourth-order valence-corrected chi connectivity index (χ4v) is 0.979. The van der Waals surface area contributed by atoms with Crippen LogP contribution in [0, 0.1) is 5.82 Å². The molecule has 66 valence electrons. The Labute approximate surface area is 71.1 Å². The molecule has 0 radical (unpaired) electrons. The first kappa shape index (κ1) is 9.00. The summed E-state index contributed by atoms with van der Waals surface area (Å²) in [5.41, 5.74) is 6.64. The van der Waals surface area contributed by atoms with E-state index in [1.807, 2.05) is 6.92 Å². The Balaban J connectivity index is 2.72. The van der Waals surface area contributed by atoms with Crippen LogP contribution in [0.15, 0.2) is 18.2 Å². The molecule has 0 spiro atoms. The molecule has 1 aromatic carbocycles. The largest absolute Gasteiger partial charge is 0.399 e. The van der Waals surface area contributed by atoms with Crippen LogP contribution in [0.1, 0.15) is 12.5 Å². The Morgan fingerprint density at radius 3 is 2.75 bits per heavy atom. The van der Waals surface area contributed by atoms with E-state index in [4.69, 9.17) is 10.5 Å². The third kappa shape index (κ3) is 2.51. The maximum Gasteiger partial charge on any atom is 0.125 e. The molecule has 3 heteroatoms. The molecule has 0 aliphatic heterocycles. The third-order valence-corrected chi connectivity index (χ3v) is 1.45. The van der Waals surface area contributed by atoms with E-state index in [1.165, 1.54) is 12.1 Å². The summed E-state index contributed by atoms with van der Waals surface area (Å²) in [6.45, 7) is 2.93. The second-order valence-corrected chi connectivity index (χ2v) is 2.53. The summed E-state index contributed by atoms with van der Waals surface area (Å²) in [5.74, 6) is -0.315. The van der Waals surface area contributed by atoms with Gasteiger partial charge in [-0.25, -0.2) is 4.39 Å². The van der Waals surface area contributed by atoms with Gasteiger partial charge in [0.25, 0.3) is 0 Å². The first-order valence-electron chi connectivity index (χ1n) is 3.85. The highest BCUT2D eigenvalue weighted by Crippen LogP contribution is 2.11. The summed E-state index contributed by atoms with van der Waals surface area (Å²) in [7, 11) is 0. The molecule has 0 saturated heterocycles. The molecule has 12 heavy (non-hydrogen) atoms. The van der Waals surface area contributed by atoms with Crippen LogP contribution in [0.3, 0.4) is 0 Å². The summed E-state index contributed by atoms with van der Waals surface area (Å²) in [6.07, 6.45) is 0. The van der Waals surface area contributed by atoms with Crippen LogP contribution in [0.2, 0.25) is 0 Å². The van der Waals surface area contributed by atoms with E-state index in [0.717, 1.165) is 5.56 Å². The Bertz CT molecular complexity index is 242. The summed E-state index contributed by atoms with van der Waals surface area (Å²) < 4.78 is 17.8. The highest BCUT2D eigenvalue weighted by molar-refractivity contribution is 5.41. The zero-order valence-corrected chi connectivity index (χ0v) is 7.01. The molecule has 0 atom stereocenters. The average Bonchev–Trinajstić information content (AvgIpc) is 1.99. The van der Waals surface area contributed by atoms with E-state index in [0.29, 0.717) is 18.9 Å². The number of nitrogens with two attached hydrogens (primary N) is 1. The molecule has 2 N–H and O–H groups in total. The zero-order chi connectivity index (χ0) is 8.97. The summed E-state index contributed by atoms with van der Waals surface area (Å²) >= 11 is 0. The van der Waals surface area contributed by atoms with Gasteiger partial charge >= 0.3 is 0 Å². The SMILES string of the molecule is CCOCc1cc(N)cc(F)c1. The van der Waals surface area contributed by atoms with Crippen molar-refractivity contribution in [1.82, 2.24) is 0 Å². The van der Waals surface area contributed by atoms with Gasteiger partial charge in [0.15, 0.2) is 0 Å². The molecule has 0 amide bonds. The second-order valence-electron chi connectivity index (χ2n) is 2.53. The lowest BCUT2D eigenvalue weighted by atomic mass is 10.2. The van der Waals surface area contributed by atoms with Crippen LogP contribution in [0.4, 0.5) is 10.1 Å². The molecule has 0 heterocycles. The molecular formula is C9H12FNO. The molecule has 0 bridgehead atoms. The van der Waals surface area contributed by atoms with E-state index in [1.54, 1.807) is 6.07 Å². The topological polar surface area (TPSA) is 35.2 Å². The minimum absolute atomic E-state index is 0.315. The molecular weight excluding hydrogens is 157 g/mol. The normalized spacial score (nSPS) is 10.2. The average molecular weight is 169 g/mol. The number of nitrogen functional groups attached to an aromatic ring is 1. The second kappa shape index (κ2) is 4.07. The van der Waals surface area contributed by atoms with Crippen LogP contribution in [-0.2, 0) is 11.3 Å². The van der Waals surface area contributed by atoms with Crippen LogP contribution < -0.4 is 5.73 Å². The van der Waals surface area contributed by atoms with Crippen LogP contribution in [0.5, 0.6) is 0 Å². The Morgan fingerprint density at radius 1 is 1.42 bits per heavy atom. The van der Waals surface area contributed by atoms with Crippen molar-refractivity contribution >= 4 is 5.69 Å². The van der Waals surface area contributed by atoms with Gasteiger partial charge in [0.1, 0.15) is 5.82 Å². The van der Waals surface area contributed by atoms with Gasteiger partial charge in [-0.1, -0.05) is 0 Å². The lowest BCUT2D eigenvalue weighted by molar-refractivity contribution is 0.134. The molecule has 0 aliphatic carbocycles. The molecule has 2 nitrogen and oxygen atoms in total. The number of hydrogen-bond acceptors (Lipinski definition) is 2. The van der Waals surface area contributed by atoms with Crippen LogP contribution >= 0.6 is 0 Å². The Hall–Kier alpha value is -1.09. The number of halogens is 1. The van der Waals surface area contributed by atoms with Crippen molar-refractivity contribution in [3.8, 4) is 0 Å². The summed E-state index contributed by atoms with van der Waals surface area (Å²) in [4.78, 5) is 0. The van der Waals surface area contributed by atoms with E-state index >= 15 is 0 Å². The van der Waals surface area contributed by atoms with Crippen LogP contribution in [-0.4, -0.2) is 6.61 Å². The third-order valence-electron chi connectivity index (χ3n) is 1.45. The molecule has 0 aliphatic rings. The van der Waals surface area contributed by atoms with Gasteiger partial charge < -0.3 is 10.5 Å². The number of rotatable bonds is 3. The van der Waals surface area contributed by atoms with E-state index < -0.39 is 0 Å². The van der Waals surface area contributed by atoms with Gasteiger partial charge in [0.05, 0.1) is 6.61 Å². The minimum atomic E-state index is -0.315. The Kier molecular flexibility index (Phi) is 3.05. The predicted octanol–water partition coefficient (Wildman–Crippen LogP) is 1.94. The van der Waals surface area contributed by atoms with Gasteiger partial charge in [0.2, 0.25) is 0 Å². The predicted molar refractivity (Wildman–Crippen MR) is 46.1 cm³/mol. The highest BCUT2D eigenvalue weighted by Gasteiger charge is 1.97. The van der Waals surface area contributed by atoms with Crippen molar-refractivity contribution in [1.29, 1.82) is 0 Å². The number of anilines is 1. The lowest BCUT2D eigenvalue weighted by Gasteiger charge is -2.02. The van der Waals surface area contributed by atoms with Gasteiger partial charge in [-0.2, -0.15) is 0 Å². The molecule has 0 fully saturated rings. The number of benzene rings is 1. The first-order valence-corrected chi connectivity index (χ1v) is 3.85. The van der Waals surface area contributed by atoms with Crippen LogP contribution in [0.25, 0.3) is 0 Å². The number of ether oxygens (including phenoxy) is 1. The number of hydrogen-bond donors (Lipinski definition) is 1. The minimum Gasteiger partial charge on any atom is -0.399 e. The maximum atomic E-state index is 12.7. The molecule has 0 unspecified atom stereocenters. The molecule has 1 aromatic rings. The fraction of sp³-hybridized carbons (Fsp3) is 0.333. The van der Waals surface area contributed by atoms with Gasteiger partial charge in [-0.05, 0) is 30.7 Å². The van der Waals surface area contributed by atoms with Crippen molar-refractivity contribution in [2.45, 2.75) is 13.5 Å². The molecule has 0 aromatic heterocycles. The maximum absolute atomic E-state index is 12.7. The monoisotopic (exact) mass is 169 g/mol. The van der Waals surface area contributed by atoms with E-state index in [2.05, 4.69) is 0 Å². The van der Waals surface area contributed by atoms with Crippen molar-refractivity contribution in [3.05, 3.63) is 29.6 Å². The summed E-state index contributed by atoms with van der Waals surface area (Å²) in [6, 6.07) is 4.42. The lowest BCUT2D eigenvalue weighted by Crippen LogP contribution is -1.95. The van der Waals surface area contributed by atoms with Gasteiger partial charge in [0, 0.05) is 12.3 Å². The van der Waals surface area contributed by atoms with E-state index in [9.17, 15) is 4.39 Å². The smallest absolute Gasteiger partial charge is 0.125 e. The zero-order valence-electron chi connectivity index (χ0n) is 7.01. The van der Waals surface area contributed by atoms with Gasteiger partial charge in [-0.15, -0.1) is 0 Å².